The van der Waals surface area contributed by atoms with Gasteiger partial charge >= 0.3 is 0 Å². The van der Waals surface area contributed by atoms with Crippen molar-refractivity contribution in [2.45, 2.75) is 6.17 Å². The Bertz CT molecular complexity index is 3850. The highest BCUT2D eigenvalue weighted by Crippen LogP contribution is 2.40. The number of para-hydroxylation sites is 2. The molecule has 0 spiro atoms. The third-order valence-electron chi connectivity index (χ3n) is 12.6. The molecule has 290 valence electrons. The fourth-order valence-corrected chi connectivity index (χ4v) is 9.70. The molecule has 1 atom stereocenters. The second-order valence-corrected chi connectivity index (χ2v) is 16.2. The summed E-state index contributed by atoms with van der Waals surface area (Å²) in [5.74, 6) is 1.34. The molecule has 1 unspecified atom stereocenters. The minimum atomic E-state index is -0.463. The molecule has 0 aliphatic carbocycles. The minimum absolute atomic E-state index is 0.463. The normalized spacial score (nSPS) is 14.3. The van der Waals surface area contributed by atoms with E-state index < -0.39 is 6.17 Å². The molecule has 0 amide bonds. The summed E-state index contributed by atoms with van der Waals surface area (Å²) >= 11 is 0. The Labute approximate surface area is 356 Å². The largest absolute Gasteiger partial charge is 0.455 e. The first-order chi connectivity index (χ1) is 30.7. The summed E-state index contributed by atoms with van der Waals surface area (Å²) in [7, 11) is 0. The zero-order chi connectivity index (χ0) is 40.7. The minimum Gasteiger partial charge on any atom is -0.455 e. The van der Waals surface area contributed by atoms with Crippen LogP contribution in [0.3, 0.4) is 0 Å². The van der Waals surface area contributed by atoms with Crippen LogP contribution in [0, 0.1) is 0 Å². The summed E-state index contributed by atoms with van der Waals surface area (Å²) in [6.07, 6.45) is -0.463. The number of rotatable bonds is 5. The van der Waals surface area contributed by atoms with Crippen LogP contribution in [0.2, 0.25) is 0 Å². The molecule has 62 heavy (non-hydrogen) atoms. The summed E-state index contributed by atoms with van der Waals surface area (Å²) < 4.78 is 9.26. The van der Waals surface area contributed by atoms with E-state index in [9.17, 15) is 0 Å². The molecule has 1 N–H and O–H groups in total. The number of aromatic nitrogens is 1. The summed E-state index contributed by atoms with van der Waals surface area (Å²) in [4.78, 5) is 10.9. The van der Waals surface area contributed by atoms with Gasteiger partial charge in [-0.1, -0.05) is 158 Å². The maximum absolute atomic E-state index is 6.86. The number of fused-ring (bicyclic) bond motifs is 10. The van der Waals surface area contributed by atoms with E-state index in [0.717, 1.165) is 77.2 Å². The third-order valence-corrected chi connectivity index (χ3v) is 12.6. The molecular weight excluding hydrogens is 757 g/mol. The first-order valence-electron chi connectivity index (χ1n) is 21.1. The lowest BCUT2D eigenvalue weighted by molar-refractivity contribution is 0.661. The Morgan fingerprint density at radius 3 is 1.95 bits per heavy atom. The van der Waals surface area contributed by atoms with Crippen molar-refractivity contribution in [1.82, 2.24) is 9.88 Å². The van der Waals surface area contributed by atoms with E-state index in [1.165, 1.54) is 32.3 Å². The van der Waals surface area contributed by atoms with Crippen molar-refractivity contribution in [3.8, 4) is 16.8 Å². The fraction of sp³-hybridized carbons (Fsp3) is 0.0175. The number of hydrogen-bond donors (Lipinski definition) is 1. The highest BCUT2D eigenvalue weighted by atomic mass is 16.3. The molecular formula is C57H36N4O. The molecule has 1 aliphatic rings. The van der Waals surface area contributed by atoms with Crippen LogP contribution in [-0.4, -0.2) is 16.2 Å². The summed E-state index contributed by atoms with van der Waals surface area (Å²) in [6.45, 7) is 0. The van der Waals surface area contributed by atoms with E-state index in [-0.39, 0.29) is 0 Å². The lowest BCUT2D eigenvalue weighted by Crippen LogP contribution is -2.34. The van der Waals surface area contributed by atoms with Crippen LogP contribution in [0.25, 0.3) is 92.9 Å². The lowest BCUT2D eigenvalue weighted by atomic mass is 9.95. The number of nitrogens with zero attached hydrogens (tertiary/aromatic N) is 3. The maximum Gasteiger partial charge on any atom is 0.159 e. The predicted octanol–water partition coefficient (Wildman–Crippen LogP) is 14.3. The third kappa shape index (κ3) is 5.42. The molecule has 10 aromatic carbocycles. The van der Waals surface area contributed by atoms with Gasteiger partial charge in [0.2, 0.25) is 0 Å². The van der Waals surface area contributed by atoms with Gasteiger partial charge in [-0.05, 0) is 92.0 Å². The highest BCUT2D eigenvalue weighted by molar-refractivity contribution is 6.21. The summed E-state index contributed by atoms with van der Waals surface area (Å²) in [5.41, 5.74) is 10.0. The first kappa shape index (κ1) is 34.6. The van der Waals surface area contributed by atoms with E-state index in [2.05, 4.69) is 198 Å². The van der Waals surface area contributed by atoms with Crippen LogP contribution in [0.1, 0.15) is 22.9 Å². The van der Waals surface area contributed by atoms with Crippen molar-refractivity contribution in [3.63, 3.8) is 0 Å². The number of benzene rings is 10. The summed E-state index contributed by atoms with van der Waals surface area (Å²) in [5, 5.41) is 15.5. The fourth-order valence-electron chi connectivity index (χ4n) is 9.70. The molecule has 3 heterocycles. The number of hydrogen-bond acceptors (Lipinski definition) is 4. The van der Waals surface area contributed by atoms with Gasteiger partial charge in [0.15, 0.2) is 5.84 Å². The zero-order valence-corrected chi connectivity index (χ0v) is 33.5. The number of furan rings is 1. The second kappa shape index (κ2) is 13.6. The lowest BCUT2D eigenvalue weighted by Gasteiger charge is -2.25. The molecule has 0 radical (unpaired) electrons. The van der Waals surface area contributed by atoms with Crippen molar-refractivity contribution < 1.29 is 4.42 Å². The standard InChI is InChI=1S/C57H36N4O/c1-2-15-35(16-3-1)36-20-14-21-40(29-36)55-58-56(49-31-39-19-6-7-22-42(39)43-23-8-9-24-44(43)49)60-57(59-55)50-34-41(33-48-46-26-11-13-28-53(46)62-54(48)50)61-51-27-12-10-25-45(51)47-30-37-17-4-5-18-38(37)32-52(47)61/h1-34,56H,(H,58,59,60). The Morgan fingerprint density at radius 1 is 0.435 bits per heavy atom. The quantitative estimate of drug-likeness (QED) is 0.177. The molecule has 5 heteroatoms. The molecule has 2 aromatic heterocycles. The van der Waals surface area contributed by atoms with E-state index >= 15 is 0 Å². The first-order valence-corrected chi connectivity index (χ1v) is 21.1. The van der Waals surface area contributed by atoms with Gasteiger partial charge in [-0.2, -0.15) is 0 Å². The Kier molecular flexibility index (Phi) is 7.60. The average molecular weight is 793 g/mol. The van der Waals surface area contributed by atoms with Crippen LogP contribution in [0.4, 0.5) is 0 Å². The molecule has 0 bridgehead atoms. The van der Waals surface area contributed by atoms with Gasteiger partial charge in [-0.25, -0.2) is 9.98 Å². The number of nitrogens with one attached hydrogen (secondary N) is 1. The Balaban J connectivity index is 1.09. The van der Waals surface area contributed by atoms with Gasteiger partial charge in [0.1, 0.15) is 23.2 Å². The second-order valence-electron chi connectivity index (χ2n) is 16.2. The van der Waals surface area contributed by atoms with Crippen LogP contribution in [0.15, 0.2) is 221 Å². The van der Waals surface area contributed by atoms with Crippen LogP contribution in [-0.2, 0) is 0 Å². The highest BCUT2D eigenvalue weighted by Gasteiger charge is 2.27. The van der Waals surface area contributed by atoms with E-state index in [0.29, 0.717) is 11.7 Å². The van der Waals surface area contributed by atoms with Gasteiger partial charge in [0.25, 0.3) is 0 Å². The molecule has 12 aromatic rings. The topological polar surface area (TPSA) is 54.8 Å². The maximum atomic E-state index is 6.86. The van der Waals surface area contributed by atoms with E-state index in [1.54, 1.807) is 0 Å². The zero-order valence-electron chi connectivity index (χ0n) is 33.5. The van der Waals surface area contributed by atoms with Crippen LogP contribution >= 0.6 is 0 Å². The van der Waals surface area contributed by atoms with Gasteiger partial charge in [-0.15, -0.1) is 0 Å². The Hall–Kier alpha value is -8.28. The van der Waals surface area contributed by atoms with Crippen molar-refractivity contribution in [2.24, 2.45) is 9.98 Å². The van der Waals surface area contributed by atoms with Crippen molar-refractivity contribution in [3.05, 3.63) is 223 Å². The van der Waals surface area contributed by atoms with Crippen LogP contribution < -0.4 is 5.32 Å². The predicted molar refractivity (Wildman–Crippen MR) is 258 cm³/mol. The molecule has 5 nitrogen and oxygen atoms in total. The van der Waals surface area contributed by atoms with Crippen LogP contribution in [0.5, 0.6) is 0 Å². The molecule has 0 saturated carbocycles. The van der Waals surface area contributed by atoms with Gasteiger partial charge < -0.3 is 14.3 Å². The molecule has 13 rings (SSSR count). The molecule has 1 aliphatic heterocycles. The van der Waals surface area contributed by atoms with Gasteiger partial charge in [0, 0.05) is 38.4 Å². The smallest absolute Gasteiger partial charge is 0.159 e. The summed E-state index contributed by atoms with van der Waals surface area (Å²) in [6, 6.07) is 73.4. The van der Waals surface area contributed by atoms with Gasteiger partial charge in [0.05, 0.1) is 16.6 Å². The SMILES string of the molecule is c1ccc(-c2cccc(C3=NC(c4cc5ccccc5c5ccccc45)NC(c4cc(-n5c6ccccc6c6cc7ccccc7cc65)cc5c4oc4ccccc45)=N3)c2)cc1. The van der Waals surface area contributed by atoms with E-state index in [1.807, 2.05) is 18.2 Å². The monoisotopic (exact) mass is 792 g/mol. The van der Waals surface area contributed by atoms with Gasteiger partial charge in [-0.3, -0.25) is 0 Å². The van der Waals surface area contributed by atoms with Crippen molar-refractivity contribution in [1.29, 1.82) is 0 Å². The number of aliphatic imine (C=N–C) groups is 2. The Morgan fingerprint density at radius 2 is 1.10 bits per heavy atom. The molecule has 0 saturated heterocycles. The van der Waals surface area contributed by atoms with Crippen molar-refractivity contribution >= 4 is 87.7 Å². The average Bonchev–Trinajstić information content (AvgIpc) is 3.88. The number of amidine groups is 2. The van der Waals surface area contributed by atoms with Crippen molar-refractivity contribution in [2.75, 3.05) is 0 Å². The van der Waals surface area contributed by atoms with E-state index in [4.69, 9.17) is 14.4 Å². The molecule has 0 fully saturated rings.